The van der Waals surface area contributed by atoms with Crippen molar-refractivity contribution in [3.05, 3.63) is 46.2 Å². The number of nitrogens with zero attached hydrogens (tertiary/aromatic N) is 2. The maximum Gasteiger partial charge on any atom is 0.357 e. The summed E-state index contributed by atoms with van der Waals surface area (Å²) in [4.78, 5) is 15.8. The van der Waals surface area contributed by atoms with Gasteiger partial charge in [0.25, 0.3) is 0 Å². The highest BCUT2D eigenvalue weighted by Gasteiger charge is 2.26. The van der Waals surface area contributed by atoms with Crippen LogP contribution in [0.2, 0.25) is 0 Å². The molecule has 0 aliphatic heterocycles. The molecule has 0 N–H and O–H groups in total. The molecule has 0 saturated heterocycles. The molecule has 0 amide bonds. The number of methoxy groups -OCH3 is 1. The van der Waals surface area contributed by atoms with E-state index in [1.54, 1.807) is 6.92 Å². The third-order valence-corrected chi connectivity index (χ3v) is 6.04. The lowest BCUT2D eigenvalue weighted by molar-refractivity contribution is 0.0520. The van der Waals surface area contributed by atoms with Crippen LogP contribution in [0.1, 0.15) is 22.4 Å². The van der Waals surface area contributed by atoms with Gasteiger partial charge in [-0.3, -0.25) is 0 Å². The van der Waals surface area contributed by atoms with Gasteiger partial charge >= 0.3 is 5.97 Å². The number of sulfonamides is 1. The molecule has 0 aliphatic rings. The third-order valence-electron chi connectivity index (χ3n) is 3.34. The van der Waals surface area contributed by atoms with Crippen LogP contribution in [-0.2, 0) is 26.0 Å². The van der Waals surface area contributed by atoms with Crippen LogP contribution >= 0.6 is 11.3 Å². The Hall–Kier alpha value is -1.88. The second-order valence-electron chi connectivity index (χ2n) is 5.13. The zero-order valence-corrected chi connectivity index (χ0v) is 16.0. The molecule has 7 nitrogen and oxygen atoms in total. The van der Waals surface area contributed by atoms with E-state index in [-0.39, 0.29) is 36.9 Å². The standard InChI is InChI=1S/C16H19FN2O5S2/c1-3-24-16(20)14-11-25-15(18-14)10-19(8-9-23-2)26(21,22)13-6-4-12(17)5-7-13/h4-7,11H,3,8-10H2,1-2H3. The molecule has 0 atom stereocenters. The zero-order valence-electron chi connectivity index (χ0n) is 14.3. The van der Waals surface area contributed by atoms with Crippen LogP contribution in [-0.4, -0.2) is 50.5 Å². The lowest BCUT2D eigenvalue weighted by atomic mass is 10.4. The number of benzene rings is 1. The maximum absolute atomic E-state index is 13.1. The molecule has 0 spiro atoms. The molecule has 0 radical (unpaired) electrons. The molecule has 26 heavy (non-hydrogen) atoms. The summed E-state index contributed by atoms with van der Waals surface area (Å²) < 4.78 is 49.8. The van der Waals surface area contributed by atoms with Crippen molar-refractivity contribution in [2.75, 3.05) is 26.9 Å². The number of carbonyl (C=O) groups is 1. The highest BCUT2D eigenvalue weighted by Crippen LogP contribution is 2.21. The van der Waals surface area contributed by atoms with Crippen molar-refractivity contribution >= 4 is 27.3 Å². The normalized spacial score (nSPS) is 11.7. The monoisotopic (exact) mass is 402 g/mol. The van der Waals surface area contributed by atoms with E-state index in [0.717, 1.165) is 23.5 Å². The summed E-state index contributed by atoms with van der Waals surface area (Å²) >= 11 is 1.16. The molecule has 142 valence electrons. The number of thiazole rings is 1. The third kappa shape index (κ3) is 5.07. The SMILES string of the molecule is CCOC(=O)c1csc(CN(CCOC)S(=O)(=O)c2ccc(F)cc2)n1. The van der Waals surface area contributed by atoms with Gasteiger partial charge in [0.2, 0.25) is 10.0 Å². The molecule has 1 aromatic heterocycles. The minimum Gasteiger partial charge on any atom is -0.461 e. The zero-order chi connectivity index (χ0) is 19.2. The number of rotatable bonds is 9. The fourth-order valence-electron chi connectivity index (χ4n) is 2.07. The summed E-state index contributed by atoms with van der Waals surface area (Å²) in [5.74, 6) is -1.08. The summed E-state index contributed by atoms with van der Waals surface area (Å²) in [6, 6.07) is 4.58. The van der Waals surface area contributed by atoms with Gasteiger partial charge < -0.3 is 9.47 Å². The van der Waals surface area contributed by atoms with Gasteiger partial charge in [0.15, 0.2) is 5.69 Å². The average Bonchev–Trinajstić information content (AvgIpc) is 3.08. The molecule has 0 fully saturated rings. The van der Waals surface area contributed by atoms with E-state index in [1.807, 2.05) is 0 Å². The first-order valence-corrected chi connectivity index (χ1v) is 10.1. The minimum atomic E-state index is -3.87. The lowest BCUT2D eigenvalue weighted by Crippen LogP contribution is -2.33. The summed E-state index contributed by atoms with van der Waals surface area (Å²) in [5, 5.41) is 1.96. The van der Waals surface area contributed by atoms with Gasteiger partial charge in [0.05, 0.1) is 24.7 Å². The second kappa shape index (κ2) is 9.17. The molecule has 1 aromatic carbocycles. The van der Waals surface area contributed by atoms with Crippen LogP contribution in [0, 0.1) is 5.82 Å². The van der Waals surface area contributed by atoms with E-state index in [1.165, 1.54) is 28.9 Å². The van der Waals surface area contributed by atoms with E-state index < -0.39 is 21.8 Å². The van der Waals surface area contributed by atoms with Crippen LogP contribution in [0.25, 0.3) is 0 Å². The van der Waals surface area contributed by atoms with E-state index in [9.17, 15) is 17.6 Å². The van der Waals surface area contributed by atoms with Gasteiger partial charge in [-0.25, -0.2) is 22.6 Å². The Bertz CT molecular complexity index is 837. The van der Waals surface area contributed by atoms with Gasteiger partial charge in [-0.1, -0.05) is 0 Å². The van der Waals surface area contributed by atoms with Crippen molar-refractivity contribution < 1.29 is 27.1 Å². The van der Waals surface area contributed by atoms with Crippen molar-refractivity contribution in [2.45, 2.75) is 18.4 Å². The Balaban J connectivity index is 2.24. The van der Waals surface area contributed by atoms with Crippen LogP contribution in [0.5, 0.6) is 0 Å². The Morgan fingerprint density at radius 1 is 1.31 bits per heavy atom. The Kier molecular flexibility index (Phi) is 7.21. The van der Waals surface area contributed by atoms with Crippen LogP contribution in [0.4, 0.5) is 4.39 Å². The number of carbonyl (C=O) groups excluding carboxylic acids is 1. The van der Waals surface area contributed by atoms with Crippen LogP contribution in [0.3, 0.4) is 0 Å². The first kappa shape index (κ1) is 20.4. The second-order valence-corrected chi connectivity index (χ2v) is 8.01. The predicted octanol–water partition coefficient (Wildman–Crippen LogP) is 2.30. The van der Waals surface area contributed by atoms with Gasteiger partial charge in [-0.15, -0.1) is 11.3 Å². The first-order valence-electron chi connectivity index (χ1n) is 7.74. The largest absolute Gasteiger partial charge is 0.461 e. The number of ether oxygens (including phenoxy) is 2. The summed E-state index contributed by atoms with van der Waals surface area (Å²) in [6.45, 7) is 2.14. The van der Waals surface area contributed by atoms with Crippen molar-refractivity contribution in [2.24, 2.45) is 0 Å². The first-order chi connectivity index (χ1) is 12.4. The number of hydrogen-bond donors (Lipinski definition) is 0. The molecule has 2 aromatic rings. The van der Waals surface area contributed by atoms with Crippen molar-refractivity contribution in [3.8, 4) is 0 Å². The number of halogens is 1. The number of esters is 1. The summed E-state index contributed by atoms with van der Waals surface area (Å²) in [6.07, 6.45) is 0. The van der Waals surface area contributed by atoms with Gasteiger partial charge in [0, 0.05) is 19.0 Å². The smallest absolute Gasteiger partial charge is 0.357 e. The quantitative estimate of drug-likeness (QED) is 0.598. The molecule has 1 heterocycles. The summed E-state index contributed by atoms with van der Waals surface area (Å²) in [7, 11) is -2.41. The van der Waals surface area contributed by atoms with Gasteiger partial charge in [-0.2, -0.15) is 4.31 Å². The molecule has 2 rings (SSSR count). The number of aromatic nitrogens is 1. The molecular formula is C16H19FN2O5S2. The van der Waals surface area contributed by atoms with Gasteiger partial charge in [-0.05, 0) is 31.2 Å². The predicted molar refractivity (Wildman–Crippen MR) is 93.9 cm³/mol. The molecular weight excluding hydrogens is 383 g/mol. The number of hydrogen-bond acceptors (Lipinski definition) is 7. The van der Waals surface area contributed by atoms with Crippen molar-refractivity contribution in [1.82, 2.24) is 9.29 Å². The van der Waals surface area contributed by atoms with E-state index in [0.29, 0.717) is 5.01 Å². The molecule has 0 aliphatic carbocycles. The van der Waals surface area contributed by atoms with Gasteiger partial charge in [0.1, 0.15) is 10.8 Å². The molecule has 0 unspecified atom stereocenters. The van der Waals surface area contributed by atoms with E-state index in [2.05, 4.69) is 4.98 Å². The Labute approximate surface area is 155 Å². The maximum atomic E-state index is 13.1. The fraction of sp³-hybridized carbons (Fsp3) is 0.375. The highest BCUT2D eigenvalue weighted by atomic mass is 32.2. The van der Waals surface area contributed by atoms with E-state index >= 15 is 0 Å². The lowest BCUT2D eigenvalue weighted by Gasteiger charge is -2.20. The van der Waals surface area contributed by atoms with Crippen molar-refractivity contribution in [1.29, 1.82) is 0 Å². The van der Waals surface area contributed by atoms with Crippen LogP contribution in [0.15, 0.2) is 34.5 Å². The minimum absolute atomic E-state index is 0.0304. The Morgan fingerprint density at radius 3 is 2.62 bits per heavy atom. The molecule has 0 saturated carbocycles. The highest BCUT2D eigenvalue weighted by molar-refractivity contribution is 7.89. The topological polar surface area (TPSA) is 85.8 Å². The average molecular weight is 402 g/mol. The molecule has 10 heteroatoms. The van der Waals surface area contributed by atoms with Crippen molar-refractivity contribution in [3.63, 3.8) is 0 Å². The molecule has 0 bridgehead atoms. The fourth-order valence-corrected chi connectivity index (χ4v) is 4.31. The Morgan fingerprint density at radius 2 is 2.00 bits per heavy atom. The van der Waals surface area contributed by atoms with Crippen LogP contribution < -0.4 is 0 Å². The summed E-state index contributed by atoms with van der Waals surface area (Å²) in [5.41, 5.74) is 0.137. The van der Waals surface area contributed by atoms with E-state index in [4.69, 9.17) is 9.47 Å².